The van der Waals surface area contributed by atoms with Crippen LogP contribution < -0.4 is 15.4 Å². The fraction of sp³-hybridized carbons (Fsp3) is 0.550. The first-order chi connectivity index (χ1) is 14.3. The van der Waals surface area contributed by atoms with Crippen molar-refractivity contribution >= 4 is 43.8 Å². The van der Waals surface area contributed by atoms with Gasteiger partial charge in [-0.3, -0.25) is 4.72 Å². The zero-order valence-electron chi connectivity index (χ0n) is 17.0. The number of nitrogens with one attached hydrogen (secondary N) is 3. The Morgan fingerprint density at radius 2 is 2.10 bits per heavy atom. The van der Waals surface area contributed by atoms with Crippen molar-refractivity contribution in [3.05, 3.63) is 34.5 Å². The lowest BCUT2D eigenvalue weighted by atomic mass is 10.0. The molecule has 0 saturated carbocycles. The molecule has 0 unspecified atom stereocenters. The molecule has 1 aliphatic rings. The summed E-state index contributed by atoms with van der Waals surface area (Å²) in [5, 5.41) is 8.62. The predicted molar refractivity (Wildman–Crippen MR) is 121 cm³/mol. The van der Waals surface area contributed by atoms with Gasteiger partial charge in [0.2, 0.25) is 0 Å². The monoisotopic (exact) mass is 474 g/mol. The first kappa shape index (κ1) is 23.2. The number of sulfonamides is 1. The highest BCUT2D eigenvalue weighted by atomic mass is 35.5. The SMILES string of the molecule is C[C@@H]1CN[C@H](CCCCCCNc2cc(F)c(S(=O)(=O)Nc3nccs3)cc2Cl)C1. The van der Waals surface area contributed by atoms with E-state index in [1.807, 2.05) is 0 Å². The smallest absolute Gasteiger partial charge is 0.266 e. The molecule has 1 aromatic heterocycles. The lowest BCUT2D eigenvalue weighted by Gasteiger charge is -2.12. The van der Waals surface area contributed by atoms with Crippen LogP contribution in [-0.2, 0) is 10.0 Å². The third-order valence-electron chi connectivity index (χ3n) is 5.20. The molecule has 3 rings (SSSR count). The van der Waals surface area contributed by atoms with E-state index < -0.39 is 20.7 Å². The quantitative estimate of drug-likeness (QED) is 0.395. The topological polar surface area (TPSA) is 83.1 Å². The van der Waals surface area contributed by atoms with Gasteiger partial charge in [0.05, 0.1) is 10.7 Å². The highest BCUT2D eigenvalue weighted by Gasteiger charge is 2.22. The number of hydrogen-bond acceptors (Lipinski definition) is 6. The Morgan fingerprint density at radius 3 is 2.80 bits per heavy atom. The van der Waals surface area contributed by atoms with Crippen molar-refractivity contribution in [1.82, 2.24) is 10.3 Å². The van der Waals surface area contributed by atoms with Crippen LogP contribution in [0, 0.1) is 11.7 Å². The van der Waals surface area contributed by atoms with Crippen molar-refractivity contribution in [3.8, 4) is 0 Å². The van der Waals surface area contributed by atoms with Gasteiger partial charge in [0, 0.05) is 24.2 Å². The Kier molecular flexibility index (Phi) is 8.33. The molecule has 30 heavy (non-hydrogen) atoms. The third kappa shape index (κ3) is 6.54. The molecule has 166 valence electrons. The van der Waals surface area contributed by atoms with Crippen molar-refractivity contribution in [2.75, 3.05) is 23.1 Å². The minimum absolute atomic E-state index is 0.164. The predicted octanol–water partition coefficient (Wildman–Crippen LogP) is 5.10. The molecule has 0 aliphatic carbocycles. The molecule has 1 fully saturated rings. The van der Waals surface area contributed by atoms with Crippen LogP contribution in [-0.4, -0.2) is 32.5 Å². The number of unbranched alkanes of at least 4 members (excludes halogenated alkanes) is 3. The summed E-state index contributed by atoms with van der Waals surface area (Å²) in [6.07, 6.45) is 8.35. The number of benzene rings is 1. The zero-order chi connectivity index (χ0) is 21.6. The van der Waals surface area contributed by atoms with Crippen LogP contribution in [0.1, 0.15) is 45.4 Å². The van der Waals surface area contributed by atoms with E-state index in [0.717, 1.165) is 55.2 Å². The van der Waals surface area contributed by atoms with Crippen LogP contribution >= 0.6 is 22.9 Å². The summed E-state index contributed by atoms with van der Waals surface area (Å²) in [6, 6.07) is 2.93. The van der Waals surface area contributed by atoms with Crippen molar-refractivity contribution in [2.24, 2.45) is 5.92 Å². The summed E-state index contributed by atoms with van der Waals surface area (Å²) in [5.41, 5.74) is 0.395. The maximum absolute atomic E-state index is 14.5. The lowest BCUT2D eigenvalue weighted by molar-refractivity contribution is 0.502. The van der Waals surface area contributed by atoms with E-state index in [4.69, 9.17) is 11.6 Å². The highest BCUT2D eigenvalue weighted by molar-refractivity contribution is 7.93. The number of nitrogens with zero attached hydrogens (tertiary/aromatic N) is 1. The van der Waals surface area contributed by atoms with Crippen molar-refractivity contribution in [1.29, 1.82) is 0 Å². The van der Waals surface area contributed by atoms with Gasteiger partial charge in [0.25, 0.3) is 10.0 Å². The molecule has 1 saturated heterocycles. The normalized spacial score (nSPS) is 19.2. The Hall–Kier alpha value is -1.42. The minimum atomic E-state index is -4.09. The highest BCUT2D eigenvalue weighted by Crippen LogP contribution is 2.29. The molecule has 1 aromatic carbocycles. The number of rotatable bonds is 11. The fourth-order valence-electron chi connectivity index (χ4n) is 3.65. The number of thiazole rings is 1. The molecule has 0 spiro atoms. The summed E-state index contributed by atoms with van der Waals surface area (Å²) in [5.74, 6) is -0.0712. The van der Waals surface area contributed by atoms with Crippen molar-refractivity contribution < 1.29 is 12.8 Å². The van der Waals surface area contributed by atoms with Crippen LogP contribution in [0.2, 0.25) is 5.02 Å². The summed E-state index contributed by atoms with van der Waals surface area (Å²) in [7, 11) is -4.09. The van der Waals surface area contributed by atoms with Crippen LogP contribution in [0.4, 0.5) is 15.2 Å². The summed E-state index contributed by atoms with van der Waals surface area (Å²) >= 11 is 7.31. The van der Waals surface area contributed by atoms with Gasteiger partial charge in [-0.15, -0.1) is 11.3 Å². The van der Waals surface area contributed by atoms with E-state index >= 15 is 0 Å². The largest absolute Gasteiger partial charge is 0.384 e. The Bertz CT molecular complexity index is 925. The van der Waals surface area contributed by atoms with Gasteiger partial charge >= 0.3 is 0 Å². The summed E-state index contributed by atoms with van der Waals surface area (Å²) in [4.78, 5) is 3.35. The molecule has 0 radical (unpaired) electrons. The third-order valence-corrected chi connectivity index (χ3v) is 7.69. The first-order valence-electron chi connectivity index (χ1n) is 10.2. The first-order valence-corrected chi connectivity index (χ1v) is 13.0. The second-order valence-electron chi connectivity index (χ2n) is 7.78. The van der Waals surface area contributed by atoms with Crippen molar-refractivity contribution in [2.45, 2.75) is 56.4 Å². The van der Waals surface area contributed by atoms with E-state index in [0.29, 0.717) is 18.3 Å². The van der Waals surface area contributed by atoms with Gasteiger partial charge in [-0.25, -0.2) is 17.8 Å². The van der Waals surface area contributed by atoms with Crippen LogP contribution in [0.3, 0.4) is 0 Å². The molecule has 2 atom stereocenters. The maximum Gasteiger partial charge on any atom is 0.266 e. The average molecular weight is 475 g/mol. The lowest BCUT2D eigenvalue weighted by Crippen LogP contribution is -2.20. The summed E-state index contributed by atoms with van der Waals surface area (Å²) < 4.78 is 41.5. The van der Waals surface area contributed by atoms with Gasteiger partial charge in [0.15, 0.2) is 5.13 Å². The molecule has 2 heterocycles. The number of hydrogen-bond donors (Lipinski definition) is 3. The van der Waals surface area contributed by atoms with Crippen LogP contribution in [0.5, 0.6) is 0 Å². The molecular weight excluding hydrogens is 447 g/mol. The van der Waals surface area contributed by atoms with E-state index in [2.05, 4.69) is 27.3 Å². The van der Waals surface area contributed by atoms with Crippen LogP contribution in [0.15, 0.2) is 28.6 Å². The van der Waals surface area contributed by atoms with E-state index in [-0.39, 0.29) is 10.2 Å². The number of halogens is 2. The Balaban J connectivity index is 1.44. The Morgan fingerprint density at radius 1 is 1.30 bits per heavy atom. The number of aromatic nitrogens is 1. The van der Waals surface area contributed by atoms with Gasteiger partial charge in [-0.05, 0) is 43.9 Å². The van der Waals surface area contributed by atoms with Gasteiger partial charge in [-0.2, -0.15) is 0 Å². The second-order valence-corrected chi connectivity index (χ2v) is 10.7. The van der Waals surface area contributed by atoms with E-state index in [1.54, 1.807) is 5.38 Å². The Labute approximate surface area is 186 Å². The minimum Gasteiger partial charge on any atom is -0.384 e. The van der Waals surface area contributed by atoms with Gasteiger partial charge in [-0.1, -0.05) is 37.8 Å². The molecule has 0 amide bonds. The van der Waals surface area contributed by atoms with E-state index in [9.17, 15) is 12.8 Å². The van der Waals surface area contributed by atoms with Crippen LogP contribution in [0.25, 0.3) is 0 Å². The van der Waals surface area contributed by atoms with Gasteiger partial charge in [0.1, 0.15) is 10.7 Å². The molecule has 0 bridgehead atoms. The second kappa shape index (κ2) is 10.7. The molecule has 6 nitrogen and oxygen atoms in total. The molecule has 3 N–H and O–H groups in total. The molecule has 2 aromatic rings. The average Bonchev–Trinajstić information content (AvgIpc) is 3.34. The van der Waals surface area contributed by atoms with Crippen molar-refractivity contribution in [3.63, 3.8) is 0 Å². The fourth-order valence-corrected chi connectivity index (χ4v) is 5.82. The molecule has 1 aliphatic heterocycles. The van der Waals surface area contributed by atoms with E-state index in [1.165, 1.54) is 25.5 Å². The number of anilines is 2. The van der Waals surface area contributed by atoms with Gasteiger partial charge < -0.3 is 10.6 Å². The summed E-state index contributed by atoms with van der Waals surface area (Å²) in [6.45, 7) is 4.07. The maximum atomic E-state index is 14.5. The molecule has 10 heteroatoms. The zero-order valence-corrected chi connectivity index (χ0v) is 19.3. The molecular formula is C20H28ClFN4O2S2. The standard InChI is InChI=1S/C20H28ClFN4O2S2/c1-14-10-15(25-13-14)6-4-2-3-5-7-23-18-12-17(22)19(11-16(18)21)30(27,28)26-20-24-8-9-29-20/h8-9,11-12,14-15,23,25H,2-7,10,13H2,1H3,(H,24,26)/t14-,15+/m0/s1.